The van der Waals surface area contributed by atoms with Crippen LogP contribution in [-0.4, -0.2) is 46.7 Å². The predicted octanol–water partition coefficient (Wildman–Crippen LogP) is 4.15. The first-order valence-corrected chi connectivity index (χ1v) is 16.1. The lowest BCUT2D eigenvalue weighted by molar-refractivity contribution is -0.210. The maximum atomic E-state index is 14.4. The summed E-state index contributed by atoms with van der Waals surface area (Å²) in [4.78, 5) is 54.3. The molecule has 3 rings (SSSR count). The van der Waals surface area contributed by atoms with Gasteiger partial charge in [-0.25, -0.2) is 4.79 Å². The summed E-state index contributed by atoms with van der Waals surface area (Å²) in [5, 5.41) is 1.89. The molecular formula is C28H37F3N4O5Si. The Morgan fingerprint density at radius 2 is 1.63 bits per heavy atom. The molecule has 224 valence electrons. The van der Waals surface area contributed by atoms with Crippen LogP contribution in [0.2, 0.25) is 18.1 Å². The fourth-order valence-corrected chi connectivity index (χ4v) is 5.48. The first kappa shape index (κ1) is 32.1. The molecule has 2 atom stereocenters. The van der Waals surface area contributed by atoms with Crippen LogP contribution in [0.3, 0.4) is 0 Å². The van der Waals surface area contributed by atoms with Crippen molar-refractivity contribution in [1.82, 2.24) is 19.4 Å². The lowest BCUT2D eigenvalue weighted by Crippen LogP contribution is -2.59. The second-order valence-corrected chi connectivity index (χ2v) is 16.8. The van der Waals surface area contributed by atoms with Crippen LogP contribution in [-0.2, 0) is 22.8 Å². The molecular weight excluding hydrogens is 557 g/mol. The molecule has 13 heteroatoms. The highest BCUT2D eigenvalue weighted by molar-refractivity contribution is 6.74. The highest BCUT2D eigenvalue weighted by Gasteiger charge is 2.52. The minimum atomic E-state index is -4.77. The molecule has 2 N–H and O–H groups in total. The van der Waals surface area contributed by atoms with E-state index in [1.165, 1.54) is 13.1 Å². The summed E-state index contributed by atoms with van der Waals surface area (Å²) in [6.07, 6.45) is -7.04. The number of hydrogen-bond acceptors (Lipinski definition) is 5. The second kappa shape index (κ2) is 11.4. The number of aromatic nitrogens is 3. The summed E-state index contributed by atoms with van der Waals surface area (Å²) in [5.41, 5.74) is -1.99. The number of aromatic amines is 1. The molecule has 0 saturated carbocycles. The predicted molar refractivity (Wildman–Crippen MR) is 154 cm³/mol. The molecule has 41 heavy (non-hydrogen) atoms. The SMILES string of the molecule is CC(C)C(NC(=O)Cn1c(-c2ccccc2)cc2c(=O)n(C)c(=O)[nH]c2c1=O)C(O[Si](C)(C)C(C)(C)C)C(F)(F)F. The Hall–Kier alpha value is -3.45. The number of benzene rings is 1. The number of H-pyrrole nitrogens is 1. The quantitative estimate of drug-likeness (QED) is 0.381. The number of pyridine rings is 1. The smallest absolute Gasteiger partial charge is 0.404 e. The number of carbonyl (C=O) groups is 1. The number of fused-ring (bicyclic) bond motifs is 1. The Morgan fingerprint density at radius 3 is 2.15 bits per heavy atom. The van der Waals surface area contributed by atoms with Crippen LogP contribution in [0.25, 0.3) is 22.2 Å². The van der Waals surface area contributed by atoms with E-state index in [9.17, 15) is 32.3 Å². The largest absolute Gasteiger partial charge is 0.415 e. The number of halogens is 3. The summed E-state index contributed by atoms with van der Waals surface area (Å²) in [6, 6.07) is 8.39. The number of nitrogens with one attached hydrogen (secondary N) is 2. The lowest BCUT2D eigenvalue weighted by atomic mass is 9.98. The molecule has 9 nitrogen and oxygen atoms in total. The zero-order valence-corrected chi connectivity index (χ0v) is 25.5. The second-order valence-electron chi connectivity index (χ2n) is 12.0. The molecule has 0 bridgehead atoms. The minimum absolute atomic E-state index is 0.0624. The van der Waals surface area contributed by atoms with Crippen LogP contribution >= 0.6 is 0 Å². The Labute approximate surface area is 236 Å². The van der Waals surface area contributed by atoms with Crippen molar-refractivity contribution in [2.75, 3.05) is 0 Å². The fourth-order valence-electron chi connectivity index (χ4n) is 4.21. The molecule has 0 aliphatic rings. The van der Waals surface area contributed by atoms with Gasteiger partial charge in [0.05, 0.1) is 17.1 Å². The molecule has 0 saturated heterocycles. The molecule has 0 fully saturated rings. The Bertz CT molecular complexity index is 1600. The van der Waals surface area contributed by atoms with Crippen molar-refractivity contribution in [3.63, 3.8) is 0 Å². The summed E-state index contributed by atoms with van der Waals surface area (Å²) in [6.45, 7) is 11.3. The van der Waals surface area contributed by atoms with Gasteiger partial charge in [-0.2, -0.15) is 13.2 Å². The van der Waals surface area contributed by atoms with E-state index in [2.05, 4.69) is 10.3 Å². The van der Waals surface area contributed by atoms with Crippen LogP contribution in [0.1, 0.15) is 34.6 Å². The van der Waals surface area contributed by atoms with Crippen molar-refractivity contribution in [2.45, 2.75) is 77.6 Å². The third-order valence-electron chi connectivity index (χ3n) is 7.67. The number of nitrogens with zero attached hydrogens (tertiary/aromatic N) is 2. The van der Waals surface area contributed by atoms with Gasteiger partial charge in [0.25, 0.3) is 11.1 Å². The molecule has 0 spiro atoms. The topological polar surface area (TPSA) is 115 Å². The van der Waals surface area contributed by atoms with E-state index in [0.29, 0.717) is 5.56 Å². The third-order valence-corrected chi connectivity index (χ3v) is 12.1. The highest BCUT2D eigenvalue weighted by atomic mass is 28.4. The normalized spacial score (nSPS) is 14.3. The van der Waals surface area contributed by atoms with Gasteiger partial charge in [0, 0.05) is 7.05 Å². The van der Waals surface area contributed by atoms with Crippen molar-refractivity contribution in [2.24, 2.45) is 13.0 Å². The van der Waals surface area contributed by atoms with E-state index in [0.717, 1.165) is 9.13 Å². The van der Waals surface area contributed by atoms with E-state index >= 15 is 0 Å². The van der Waals surface area contributed by atoms with Crippen molar-refractivity contribution in [3.8, 4) is 11.3 Å². The van der Waals surface area contributed by atoms with Crippen LogP contribution in [0.15, 0.2) is 50.8 Å². The standard InChI is InChI=1S/C28H37F3N4O5Si/c1-16(2)21(23(28(29,30)31)40-41(7,8)27(3,4)5)32-20(36)15-35-19(17-12-10-9-11-13-17)14-18-22(25(35)38)33-26(39)34(6)24(18)37/h9-14,16,21,23H,15H2,1-8H3,(H,32,36)(H,33,39). The number of rotatable bonds is 8. The van der Waals surface area contributed by atoms with Crippen LogP contribution in [0, 0.1) is 5.92 Å². The van der Waals surface area contributed by atoms with E-state index in [1.54, 1.807) is 57.3 Å². The first-order chi connectivity index (χ1) is 18.8. The molecule has 0 aliphatic heterocycles. The molecule has 2 heterocycles. The average Bonchev–Trinajstić information content (AvgIpc) is 2.86. The van der Waals surface area contributed by atoms with Gasteiger partial charge < -0.3 is 14.7 Å². The number of hydrogen-bond donors (Lipinski definition) is 2. The Morgan fingerprint density at radius 1 is 1.05 bits per heavy atom. The summed E-state index contributed by atoms with van der Waals surface area (Å²) in [7, 11) is -1.65. The van der Waals surface area contributed by atoms with E-state index in [4.69, 9.17) is 4.43 Å². The van der Waals surface area contributed by atoms with Crippen molar-refractivity contribution in [1.29, 1.82) is 0 Å². The molecule has 1 aromatic carbocycles. The molecule has 0 radical (unpaired) electrons. The molecule has 3 aromatic rings. The Kier molecular flexibility index (Phi) is 8.94. The number of amides is 1. The number of carbonyl (C=O) groups excluding carboxylic acids is 1. The zero-order valence-electron chi connectivity index (χ0n) is 24.5. The fraction of sp³-hybridized carbons (Fsp3) is 0.500. The third kappa shape index (κ3) is 6.72. The van der Waals surface area contributed by atoms with Gasteiger partial charge in [0.2, 0.25) is 5.91 Å². The minimum Gasteiger partial charge on any atom is -0.404 e. The van der Waals surface area contributed by atoms with Gasteiger partial charge in [0.1, 0.15) is 12.1 Å². The van der Waals surface area contributed by atoms with E-state index in [1.807, 2.05) is 20.8 Å². The van der Waals surface area contributed by atoms with Gasteiger partial charge in [-0.15, -0.1) is 0 Å². The van der Waals surface area contributed by atoms with Gasteiger partial charge in [-0.3, -0.25) is 23.5 Å². The molecule has 2 aromatic heterocycles. The molecule has 1 amide bonds. The monoisotopic (exact) mass is 594 g/mol. The van der Waals surface area contributed by atoms with Gasteiger partial charge >= 0.3 is 11.9 Å². The van der Waals surface area contributed by atoms with E-state index in [-0.39, 0.29) is 16.6 Å². The average molecular weight is 595 g/mol. The van der Waals surface area contributed by atoms with Crippen molar-refractivity contribution in [3.05, 3.63) is 67.6 Å². The van der Waals surface area contributed by atoms with Gasteiger partial charge in [0.15, 0.2) is 14.4 Å². The van der Waals surface area contributed by atoms with Crippen LogP contribution in [0.5, 0.6) is 0 Å². The van der Waals surface area contributed by atoms with Crippen LogP contribution in [0.4, 0.5) is 13.2 Å². The van der Waals surface area contributed by atoms with Crippen molar-refractivity contribution >= 4 is 25.1 Å². The van der Waals surface area contributed by atoms with E-state index < -0.39 is 66.9 Å². The summed E-state index contributed by atoms with van der Waals surface area (Å²) < 4.78 is 50.8. The van der Waals surface area contributed by atoms with Gasteiger partial charge in [-0.05, 0) is 35.7 Å². The number of alkyl halides is 3. The lowest BCUT2D eigenvalue weighted by Gasteiger charge is -2.42. The summed E-state index contributed by atoms with van der Waals surface area (Å²) in [5.74, 6) is -1.53. The maximum Gasteiger partial charge on any atom is 0.415 e. The zero-order chi connectivity index (χ0) is 31.1. The van der Waals surface area contributed by atoms with Crippen LogP contribution < -0.4 is 22.1 Å². The molecule has 0 aliphatic carbocycles. The maximum absolute atomic E-state index is 14.4. The highest BCUT2D eigenvalue weighted by Crippen LogP contribution is 2.41. The first-order valence-electron chi connectivity index (χ1n) is 13.2. The summed E-state index contributed by atoms with van der Waals surface area (Å²) >= 11 is 0. The van der Waals surface area contributed by atoms with Crippen molar-refractivity contribution < 1.29 is 22.4 Å². The molecule has 2 unspecified atom stereocenters. The van der Waals surface area contributed by atoms with Gasteiger partial charge in [-0.1, -0.05) is 65.0 Å². The Balaban J connectivity index is 2.11.